The van der Waals surface area contributed by atoms with E-state index in [1.807, 2.05) is 6.92 Å². The number of carbonyl (C=O) groups is 2. The molecule has 0 bridgehead atoms. The molecule has 1 N–H and O–H groups in total. The van der Waals surface area contributed by atoms with Crippen LogP contribution in [0.1, 0.15) is 24.5 Å². The number of benzene rings is 2. The van der Waals surface area contributed by atoms with Crippen LogP contribution in [0.15, 0.2) is 53.8 Å². The SMILES string of the molecule is COc1ccc(F)c(CN2C(=O)N(C)[C@@H](C)C3CC=C(C(=O)NCc4c(F)cc(F)cc4F)C=C32)c1. The van der Waals surface area contributed by atoms with E-state index < -0.39 is 41.3 Å². The Balaban J connectivity index is 1.59. The minimum Gasteiger partial charge on any atom is -0.497 e. The lowest BCUT2D eigenvalue weighted by atomic mass is 9.84. The summed E-state index contributed by atoms with van der Waals surface area (Å²) in [5.74, 6) is -4.10. The zero-order valence-corrected chi connectivity index (χ0v) is 19.9. The van der Waals surface area contributed by atoms with Crippen molar-refractivity contribution in [3.63, 3.8) is 0 Å². The Bertz CT molecular complexity index is 1250. The van der Waals surface area contributed by atoms with Gasteiger partial charge in [-0.3, -0.25) is 9.69 Å². The summed E-state index contributed by atoms with van der Waals surface area (Å²) in [6.07, 6.45) is 3.65. The maximum Gasteiger partial charge on any atom is 0.324 e. The number of carbonyl (C=O) groups excluding carboxylic acids is 2. The van der Waals surface area contributed by atoms with Crippen LogP contribution in [0.25, 0.3) is 0 Å². The molecule has 0 saturated carbocycles. The lowest BCUT2D eigenvalue weighted by Crippen LogP contribution is -2.55. The quantitative estimate of drug-likeness (QED) is 0.584. The molecule has 1 fully saturated rings. The van der Waals surface area contributed by atoms with E-state index in [2.05, 4.69) is 5.32 Å². The van der Waals surface area contributed by atoms with Crippen molar-refractivity contribution >= 4 is 11.9 Å². The van der Waals surface area contributed by atoms with Gasteiger partial charge in [0.15, 0.2) is 0 Å². The number of rotatable bonds is 6. The molecular weight excluding hydrogens is 478 g/mol. The number of nitrogens with zero attached hydrogens (tertiary/aromatic N) is 2. The molecule has 0 aromatic heterocycles. The van der Waals surface area contributed by atoms with Crippen molar-refractivity contribution in [2.24, 2.45) is 5.92 Å². The molecule has 0 radical (unpaired) electrons. The van der Waals surface area contributed by atoms with Gasteiger partial charge in [-0.25, -0.2) is 22.4 Å². The molecule has 10 heteroatoms. The molecule has 36 heavy (non-hydrogen) atoms. The Morgan fingerprint density at radius 2 is 1.81 bits per heavy atom. The molecule has 3 amide bonds. The Morgan fingerprint density at radius 1 is 1.11 bits per heavy atom. The summed E-state index contributed by atoms with van der Waals surface area (Å²) in [5, 5.41) is 2.44. The van der Waals surface area contributed by atoms with E-state index in [0.717, 1.165) is 0 Å². The van der Waals surface area contributed by atoms with Gasteiger partial charge in [-0.2, -0.15) is 0 Å². The van der Waals surface area contributed by atoms with Crippen LogP contribution in [0.5, 0.6) is 5.75 Å². The summed E-state index contributed by atoms with van der Waals surface area (Å²) in [7, 11) is 3.12. The molecule has 6 nitrogen and oxygen atoms in total. The molecule has 2 aromatic rings. The van der Waals surface area contributed by atoms with Crippen molar-refractivity contribution in [3.05, 3.63) is 88.1 Å². The molecular formula is C26H25F4N3O3. The normalized spacial score (nSPS) is 19.5. The molecule has 1 aliphatic heterocycles. The van der Waals surface area contributed by atoms with Gasteiger partial charge in [-0.05, 0) is 37.6 Å². The second kappa shape index (κ2) is 10.0. The maximum absolute atomic E-state index is 14.6. The van der Waals surface area contributed by atoms with Crippen LogP contribution in [-0.4, -0.2) is 41.9 Å². The average molecular weight is 503 g/mol. The van der Waals surface area contributed by atoms with Crippen molar-refractivity contribution < 1.29 is 31.9 Å². The van der Waals surface area contributed by atoms with Gasteiger partial charge < -0.3 is 15.0 Å². The third-order valence-corrected chi connectivity index (χ3v) is 6.69. The molecule has 1 heterocycles. The van der Waals surface area contributed by atoms with E-state index >= 15 is 0 Å². The zero-order chi connectivity index (χ0) is 26.1. The third kappa shape index (κ3) is 4.80. The van der Waals surface area contributed by atoms with Gasteiger partial charge in [0.1, 0.15) is 29.0 Å². The molecule has 4 rings (SSSR count). The number of halogens is 4. The summed E-state index contributed by atoms with van der Waals surface area (Å²) in [4.78, 5) is 29.0. The lowest BCUT2D eigenvalue weighted by molar-refractivity contribution is -0.117. The standard InChI is InChI=1S/C26H25F4N3O3/c1-14-19-6-4-15(25(34)31-12-20-22(29)10-17(27)11-23(20)30)9-24(19)33(26(35)32(14)2)13-16-8-18(36-3)5-7-21(16)28/h4-5,7-11,14,19H,6,12-13H2,1-3H3,(H,31,34)/t14-,19?/m0/s1. The topological polar surface area (TPSA) is 61.9 Å². The van der Waals surface area contributed by atoms with Crippen molar-refractivity contribution in [2.45, 2.75) is 32.5 Å². The number of hydrogen-bond donors (Lipinski definition) is 1. The number of ether oxygens (including phenoxy) is 1. The van der Waals surface area contributed by atoms with E-state index in [9.17, 15) is 27.2 Å². The molecule has 2 aliphatic rings. The molecule has 190 valence electrons. The second-order valence-electron chi connectivity index (χ2n) is 8.78. The van der Waals surface area contributed by atoms with Crippen LogP contribution in [0, 0.1) is 29.2 Å². The Morgan fingerprint density at radius 3 is 2.47 bits per heavy atom. The van der Waals surface area contributed by atoms with Crippen molar-refractivity contribution in [1.29, 1.82) is 0 Å². The predicted octanol–water partition coefficient (Wildman–Crippen LogP) is 4.65. The van der Waals surface area contributed by atoms with Gasteiger partial charge >= 0.3 is 6.03 Å². The predicted molar refractivity (Wildman–Crippen MR) is 124 cm³/mol. The number of hydrogen-bond acceptors (Lipinski definition) is 3. The third-order valence-electron chi connectivity index (χ3n) is 6.69. The highest BCUT2D eigenvalue weighted by molar-refractivity contribution is 5.97. The first-order valence-electron chi connectivity index (χ1n) is 11.3. The number of methoxy groups -OCH3 is 1. The maximum atomic E-state index is 14.6. The monoisotopic (exact) mass is 503 g/mol. The minimum absolute atomic E-state index is 0.0812. The van der Waals surface area contributed by atoms with E-state index in [1.54, 1.807) is 24.1 Å². The van der Waals surface area contributed by atoms with E-state index in [-0.39, 0.29) is 35.7 Å². The number of fused-ring (bicyclic) bond motifs is 1. The Labute approximate surface area is 205 Å². The minimum atomic E-state index is -1.11. The van der Waals surface area contributed by atoms with Crippen molar-refractivity contribution in [3.8, 4) is 5.75 Å². The van der Waals surface area contributed by atoms with Crippen LogP contribution in [0.3, 0.4) is 0 Å². The lowest BCUT2D eigenvalue weighted by Gasteiger charge is -2.46. The van der Waals surface area contributed by atoms with Crippen LogP contribution >= 0.6 is 0 Å². The van der Waals surface area contributed by atoms with E-state index in [1.165, 1.54) is 30.2 Å². The fourth-order valence-electron chi connectivity index (χ4n) is 4.47. The average Bonchev–Trinajstić information content (AvgIpc) is 2.85. The zero-order valence-electron chi connectivity index (χ0n) is 19.9. The van der Waals surface area contributed by atoms with Gasteiger partial charge in [0, 0.05) is 60.1 Å². The second-order valence-corrected chi connectivity index (χ2v) is 8.78. The van der Waals surface area contributed by atoms with Crippen LogP contribution in [0.2, 0.25) is 0 Å². The molecule has 1 saturated heterocycles. The molecule has 2 atom stereocenters. The van der Waals surface area contributed by atoms with E-state index in [0.29, 0.717) is 30.0 Å². The summed E-state index contributed by atoms with van der Waals surface area (Å²) in [6, 6.07) is 4.78. The summed E-state index contributed by atoms with van der Waals surface area (Å²) in [6.45, 7) is 1.32. The summed E-state index contributed by atoms with van der Waals surface area (Å²) >= 11 is 0. The Hall–Kier alpha value is -3.82. The van der Waals surface area contributed by atoms with Crippen LogP contribution in [-0.2, 0) is 17.9 Å². The highest BCUT2D eigenvalue weighted by atomic mass is 19.1. The highest BCUT2D eigenvalue weighted by Gasteiger charge is 2.41. The number of amides is 3. The Kier molecular flexibility index (Phi) is 7.05. The smallest absolute Gasteiger partial charge is 0.324 e. The van der Waals surface area contributed by atoms with Gasteiger partial charge in [0.05, 0.1) is 13.7 Å². The fraction of sp³-hybridized carbons (Fsp3) is 0.308. The largest absolute Gasteiger partial charge is 0.497 e. The summed E-state index contributed by atoms with van der Waals surface area (Å²) in [5.41, 5.74) is 0.516. The highest BCUT2D eigenvalue weighted by Crippen LogP contribution is 2.37. The van der Waals surface area contributed by atoms with Crippen LogP contribution in [0.4, 0.5) is 22.4 Å². The van der Waals surface area contributed by atoms with Crippen molar-refractivity contribution in [1.82, 2.24) is 15.1 Å². The number of urea groups is 1. The molecule has 2 aromatic carbocycles. The molecule has 0 spiro atoms. The van der Waals surface area contributed by atoms with Gasteiger partial charge in [-0.1, -0.05) is 6.08 Å². The fourth-order valence-corrected chi connectivity index (χ4v) is 4.47. The summed E-state index contributed by atoms with van der Waals surface area (Å²) < 4.78 is 60.8. The first-order valence-corrected chi connectivity index (χ1v) is 11.3. The molecule has 1 unspecified atom stereocenters. The van der Waals surface area contributed by atoms with Crippen molar-refractivity contribution in [2.75, 3.05) is 14.2 Å². The first-order chi connectivity index (χ1) is 17.1. The first kappa shape index (κ1) is 25.3. The molecule has 1 aliphatic carbocycles. The van der Waals surface area contributed by atoms with Gasteiger partial charge in [-0.15, -0.1) is 0 Å². The van der Waals surface area contributed by atoms with Gasteiger partial charge in [0.2, 0.25) is 0 Å². The van der Waals surface area contributed by atoms with E-state index in [4.69, 9.17) is 4.74 Å². The van der Waals surface area contributed by atoms with Crippen LogP contribution < -0.4 is 10.1 Å². The number of nitrogens with one attached hydrogen (secondary N) is 1. The van der Waals surface area contributed by atoms with Gasteiger partial charge in [0.25, 0.3) is 5.91 Å². The number of allylic oxidation sites excluding steroid dienone is 1.